The van der Waals surface area contributed by atoms with Crippen LogP contribution in [0.4, 0.5) is 0 Å². The molecule has 3 aliphatic heterocycles. The zero-order chi connectivity index (χ0) is 29.7. The third-order valence-corrected chi connectivity index (χ3v) is 7.75. The van der Waals surface area contributed by atoms with E-state index in [1.54, 1.807) is 17.0 Å². The maximum absolute atomic E-state index is 13.6. The Morgan fingerprint density at radius 3 is 2.57 bits per heavy atom. The van der Waals surface area contributed by atoms with Crippen LogP contribution < -0.4 is 20.7 Å². The summed E-state index contributed by atoms with van der Waals surface area (Å²) in [5.41, 5.74) is 0. The SMILES string of the molecule is CN1CCC(N[C@H]2C[C@H]3C(=O)NCCOCCOCC(=O)N(CCNC(=O)COc4ccccc4)CC(=O)N3C2)CC1. The summed E-state index contributed by atoms with van der Waals surface area (Å²) in [7, 11) is 2.11. The largest absolute Gasteiger partial charge is 0.484 e. The summed E-state index contributed by atoms with van der Waals surface area (Å²) in [5.74, 6) is -0.694. The fourth-order valence-corrected chi connectivity index (χ4v) is 5.42. The Balaban J connectivity index is 1.36. The molecule has 0 aromatic heterocycles. The number of nitrogens with zero attached hydrogens (tertiary/aromatic N) is 3. The molecule has 1 aromatic rings. The van der Waals surface area contributed by atoms with Crippen LogP contribution in [-0.4, -0.2) is 142 Å². The van der Waals surface area contributed by atoms with E-state index in [4.69, 9.17) is 14.2 Å². The number of amides is 4. The Hall–Kier alpha value is -3.26. The van der Waals surface area contributed by atoms with Crippen molar-refractivity contribution >= 4 is 23.6 Å². The lowest BCUT2D eigenvalue weighted by atomic mass is 10.0. The summed E-state index contributed by atoms with van der Waals surface area (Å²) in [6, 6.07) is 8.66. The molecule has 1 aromatic carbocycles. The van der Waals surface area contributed by atoms with Crippen molar-refractivity contribution in [3.8, 4) is 5.75 Å². The van der Waals surface area contributed by atoms with Crippen LogP contribution in [0.3, 0.4) is 0 Å². The highest BCUT2D eigenvalue weighted by Gasteiger charge is 2.40. The Morgan fingerprint density at radius 1 is 1.02 bits per heavy atom. The van der Waals surface area contributed by atoms with Gasteiger partial charge >= 0.3 is 0 Å². The fourth-order valence-electron chi connectivity index (χ4n) is 5.42. The number of para-hydroxylation sites is 1. The highest BCUT2D eigenvalue weighted by molar-refractivity contribution is 5.91. The number of hydrogen-bond donors (Lipinski definition) is 3. The Morgan fingerprint density at radius 2 is 1.79 bits per heavy atom. The second-order valence-corrected chi connectivity index (χ2v) is 11.0. The molecule has 0 spiro atoms. The van der Waals surface area contributed by atoms with E-state index >= 15 is 0 Å². The van der Waals surface area contributed by atoms with E-state index in [1.807, 2.05) is 18.2 Å². The quantitative estimate of drug-likeness (QED) is 0.342. The molecule has 0 unspecified atom stereocenters. The number of nitrogens with one attached hydrogen (secondary N) is 3. The van der Waals surface area contributed by atoms with Crippen LogP contribution in [0.25, 0.3) is 0 Å². The average Bonchev–Trinajstić information content (AvgIpc) is 3.42. The molecular weight excluding hydrogens is 544 g/mol. The Kier molecular flexibility index (Phi) is 12.4. The van der Waals surface area contributed by atoms with Crippen LogP contribution in [0.15, 0.2) is 30.3 Å². The number of piperidine rings is 1. The van der Waals surface area contributed by atoms with Crippen LogP contribution in [0.2, 0.25) is 0 Å². The van der Waals surface area contributed by atoms with Crippen LogP contribution in [0.5, 0.6) is 5.75 Å². The van der Waals surface area contributed by atoms with Crippen molar-refractivity contribution in [3.63, 3.8) is 0 Å². The van der Waals surface area contributed by atoms with Crippen molar-refractivity contribution in [1.29, 1.82) is 0 Å². The van der Waals surface area contributed by atoms with Crippen molar-refractivity contribution in [3.05, 3.63) is 30.3 Å². The molecule has 0 saturated carbocycles. The highest BCUT2D eigenvalue weighted by atomic mass is 16.5. The minimum Gasteiger partial charge on any atom is -0.484 e. The molecule has 3 aliphatic rings. The van der Waals surface area contributed by atoms with Gasteiger partial charge in [-0.3, -0.25) is 19.2 Å². The topological polar surface area (TPSA) is 142 Å². The van der Waals surface area contributed by atoms with E-state index in [1.165, 1.54) is 4.90 Å². The summed E-state index contributed by atoms with van der Waals surface area (Å²) in [6.45, 7) is 3.11. The number of hydrogen-bond acceptors (Lipinski definition) is 9. The highest BCUT2D eigenvalue weighted by Crippen LogP contribution is 2.21. The summed E-state index contributed by atoms with van der Waals surface area (Å²) >= 11 is 0. The molecule has 0 radical (unpaired) electrons. The Labute approximate surface area is 247 Å². The van der Waals surface area contributed by atoms with E-state index in [0.717, 1.165) is 25.9 Å². The molecule has 3 heterocycles. The zero-order valence-corrected chi connectivity index (χ0v) is 24.4. The van der Waals surface area contributed by atoms with Gasteiger partial charge in [0.2, 0.25) is 17.7 Å². The van der Waals surface area contributed by atoms with E-state index in [-0.39, 0.29) is 75.7 Å². The average molecular weight is 589 g/mol. The second-order valence-electron chi connectivity index (χ2n) is 11.0. The lowest BCUT2D eigenvalue weighted by Gasteiger charge is -2.31. The first-order valence-electron chi connectivity index (χ1n) is 14.8. The van der Waals surface area contributed by atoms with Gasteiger partial charge in [-0.15, -0.1) is 0 Å². The van der Waals surface area contributed by atoms with E-state index in [0.29, 0.717) is 37.9 Å². The lowest BCUT2D eigenvalue weighted by Crippen LogP contribution is -2.51. The molecule has 2 atom stereocenters. The number of benzene rings is 1. The summed E-state index contributed by atoms with van der Waals surface area (Å²) in [4.78, 5) is 57.4. The summed E-state index contributed by atoms with van der Waals surface area (Å²) < 4.78 is 16.4. The van der Waals surface area contributed by atoms with Crippen molar-refractivity contribution < 1.29 is 33.4 Å². The first-order valence-corrected chi connectivity index (χ1v) is 14.8. The van der Waals surface area contributed by atoms with Crippen molar-refractivity contribution in [2.45, 2.75) is 37.4 Å². The first kappa shape index (κ1) is 31.7. The van der Waals surface area contributed by atoms with Gasteiger partial charge < -0.3 is 44.9 Å². The molecule has 3 fully saturated rings. The van der Waals surface area contributed by atoms with Gasteiger partial charge in [0.15, 0.2) is 6.61 Å². The van der Waals surface area contributed by atoms with Crippen molar-refractivity contribution in [2.75, 3.05) is 85.9 Å². The van der Waals surface area contributed by atoms with Crippen LogP contribution in [-0.2, 0) is 28.7 Å². The maximum Gasteiger partial charge on any atom is 0.258 e. The number of carbonyl (C=O) groups excluding carboxylic acids is 4. The zero-order valence-electron chi connectivity index (χ0n) is 24.4. The number of fused-ring (bicyclic) bond motifs is 1. The monoisotopic (exact) mass is 588 g/mol. The van der Waals surface area contributed by atoms with Gasteiger partial charge in [-0.25, -0.2) is 0 Å². The maximum atomic E-state index is 13.6. The van der Waals surface area contributed by atoms with Gasteiger partial charge in [0, 0.05) is 38.3 Å². The molecule has 3 saturated heterocycles. The van der Waals surface area contributed by atoms with Gasteiger partial charge in [0.1, 0.15) is 18.4 Å². The minimum atomic E-state index is -0.644. The third-order valence-electron chi connectivity index (χ3n) is 7.75. The number of ether oxygens (including phenoxy) is 3. The molecule has 0 bridgehead atoms. The summed E-state index contributed by atoms with van der Waals surface area (Å²) in [5, 5.41) is 9.29. The van der Waals surface area contributed by atoms with Gasteiger partial charge in [0.25, 0.3) is 5.91 Å². The Bertz CT molecular complexity index is 1040. The molecule has 3 N–H and O–H groups in total. The van der Waals surface area contributed by atoms with E-state index in [9.17, 15) is 19.2 Å². The van der Waals surface area contributed by atoms with E-state index in [2.05, 4.69) is 27.9 Å². The number of rotatable bonds is 8. The number of likely N-dealkylation sites (tertiary alicyclic amines) is 1. The predicted molar refractivity (Wildman–Crippen MR) is 154 cm³/mol. The minimum absolute atomic E-state index is 0.0235. The molecule has 232 valence electrons. The molecule has 4 rings (SSSR count). The van der Waals surface area contributed by atoms with Crippen LogP contribution in [0, 0.1) is 0 Å². The van der Waals surface area contributed by atoms with Crippen LogP contribution >= 0.6 is 0 Å². The van der Waals surface area contributed by atoms with Gasteiger partial charge in [-0.1, -0.05) is 18.2 Å². The molecule has 13 heteroatoms. The molecule has 42 heavy (non-hydrogen) atoms. The molecule has 13 nitrogen and oxygen atoms in total. The van der Waals surface area contributed by atoms with Gasteiger partial charge in [0.05, 0.1) is 26.4 Å². The molecular formula is C29H44N6O7. The standard InChI is InChI=1S/C29H44N6O7/c1-33-11-7-22(8-12-33)32-23-17-25-29(39)31-10-14-40-15-16-41-21-28(38)34(19-27(37)35(25)18-23)13-9-30-26(36)20-42-24-5-3-2-4-6-24/h2-6,22-23,25,32H,7-21H2,1H3,(H,30,36)(H,31,39)/t23-,25-/m0/s1. The van der Waals surface area contributed by atoms with Gasteiger partial charge in [-0.2, -0.15) is 0 Å². The molecule has 4 amide bonds. The third kappa shape index (κ3) is 9.93. The second kappa shape index (κ2) is 16.4. The first-order chi connectivity index (χ1) is 20.4. The summed E-state index contributed by atoms with van der Waals surface area (Å²) in [6.07, 6.45) is 2.53. The molecule has 0 aliphatic carbocycles. The van der Waals surface area contributed by atoms with Crippen molar-refractivity contribution in [1.82, 2.24) is 30.7 Å². The fraction of sp³-hybridized carbons (Fsp3) is 0.655. The van der Waals surface area contributed by atoms with E-state index < -0.39 is 6.04 Å². The normalized spacial score (nSPS) is 24.0. The number of carbonyl (C=O) groups is 4. The van der Waals surface area contributed by atoms with Gasteiger partial charge in [-0.05, 0) is 51.5 Å². The van der Waals surface area contributed by atoms with Crippen molar-refractivity contribution in [2.24, 2.45) is 0 Å². The van der Waals surface area contributed by atoms with Crippen LogP contribution in [0.1, 0.15) is 19.3 Å². The predicted octanol–water partition coefficient (Wildman–Crippen LogP) is -1.17. The smallest absolute Gasteiger partial charge is 0.258 e. The lowest BCUT2D eigenvalue weighted by molar-refractivity contribution is -0.145.